The first-order chi connectivity index (χ1) is 14.0. The van der Waals surface area contributed by atoms with Crippen molar-refractivity contribution in [2.45, 2.75) is 24.7 Å². The SMILES string of the molecule is O=C1NCCC(c2cccc(C(F)(F)F)c2)C1C(=O)Nc1ccccc1C(F)(F)F. The van der Waals surface area contributed by atoms with Crippen molar-refractivity contribution in [3.63, 3.8) is 0 Å². The number of rotatable bonds is 3. The van der Waals surface area contributed by atoms with Crippen LogP contribution in [0, 0.1) is 5.92 Å². The number of alkyl halides is 6. The standard InChI is InChI=1S/C20H16F6N2O2/c21-19(22,23)12-5-3-4-11(10-12)13-8-9-27-17(29)16(13)18(30)28-15-7-2-1-6-14(15)20(24,25)26/h1-7,10,13,16H,8-9H2,(H,27,29)(H,28,30). The van der Waals surface area contributed by atoms with Crippen molar-refractivity contribution < 1.29 is 35.9 Å². The Hall–Kier alpha value is -3.04. The fourth-order valence-electron chi connectivity index (χ4n) is 3.47. The van der Waals surface area contributed by atoms with E-state index in [1.165, 1.54) is 18.2 Å². The lowest BCUT2D eigenvalue weighted by molar-refractivity contribution is -0.138. The van der Waals surface area contributed by atoms with Crippen LogP contribution in [0.2, 0.25) is 0 Å². The molecule has 1 heterocycles. The molecule has 0 radical (unpaired) electrons. The van der Waals surface area contributed by atoms with Gasteiger partial charge in [0.25, 0.3) is 0 Å². The van der Waals surface area contributed by atoms with Crippen LogP contribution in [0.25, 0.3) is 0 Å². The quantitative estimate of drug-likeness (QED) is 0.553. The third kappa shape index (κ3) is 4.58. The second-order valence-electron chi connectivity index (χ2n) is 6.82. The maximum atomic E-state index is 13.2. The van der Waals surface area contributed by atoms with Gasteiger partial charge in [-0.15, -0.1) is 0 Å². The number of amides is 2. The molecular formula is C20H16F6N2O2. The molecule has 0 bridgehead atoms. The van der Waals surface area contributed by atoms with Gasteiger partial charge >= 0.3 is 12.4 Å². The lowest BCUT2D eigenvalue weighted by Crippen LogP contribution is -2.47. The molecule has 3 rings (SSSR count). The van der Waals surface area contributed by atoms with Crippen LogP contribution in [0.5, 0.6) is 0 Å². The van der Waals surface area contributed by atoms with E-state index in [4.69, 9.17) is 0 Å². The molecule has 2 amide bonds. The van der Waals surface area contributed by atoms with E-state index in [1.807, 2.05) is 0 Å². The summed E-state index contributed by atoms with van der Waals surface area (Å²) in [7, 11) is 0. The highest BCUT2D eigenvalue weighted by Crippen LogP contribution is 2.38. The minimum atomic E-state index is -4.74. The van der Waals surface area contributed by atoms with Gasteiger partial charge in [-0.25, -0.2) is 0 Å². The van der Waals surface area contributed by atoms with E-state index in [-0.39, 0.29) is 18.5 Å². The number of hydrogen-bond donors (Lipinski definition) is 2. The number of piperidine rings is 1. The lowest BCUT2D eigenvalue weighted by atomic mass is 9.79. The van der Waals surface area contributed by atoms with Crippen LogP contribution < -0.4 is 10.6 Å². The van der Waals surface area contributed by atoms with Crippen molar-refractivity contribution in [1.82, 2.24) is 5.32 Å². The van der Waals surface area contributed by atoms with Crippen LogP contribution in [-0.4, -0.2) is 18.4 Å². The molecule has 0 aromatic heterocycles. The van der Waals surface area contributed by atoms with E-state index in [0.29, 0.717) is 0 Å². The maximum absolute atomic E-state index is 13.2. The molecule has 2 N–H and O–H groups in total. The zero-order valence-electron chi connectivity index (χ0n) is 15.3. The summed E-state index contributed by atoms with van der Waals surface area (Å²) in [4.78, 5) is 25.1. The molecule has 2 aromatic rings. The number of benzene rings is 2. The summed E-state index contributed by atoms with van der Waals surface area (Å²) < 4.78 is 78.7. The molecule has 160 valence electrons. The number of halogens is 6. The number of carbonyl (C=O) groups is 2. The van der Waals surface area contributed by atoms with E-state index in [2.05, 4.69) is 10.6 Å². The molecule has 2 atom stereocenters. The van der Waals surface area contributed by atoms with Gasteiger partial charge in [-0.1, -0.05) is 30.3 Å². The van der Waals surface area contributed by atoms with Crippen LogP contribution in [0.15, 0.2) is 48.5 Å². The molecule has 2 unspecified atom stereocenters. The highest BCUT2D eigenvalue weighted by Gasteiger charge is 2.41. The first-order valence-corrected chi connectivity index (χ1v) is 8.90. The Labute approximate surface area is 167 Å². The van der Waals surface area contributed by atoms with E-state index >= 15 is 0 Å². The largest absolute Gasteiger partial charge is 0.418 e. The van der Waals surface area contributed by atoms with Gasteiger partial charge < -0.3 is 10.6 Å². The van der Waals surface area contributed by atoms with E-state index in [0.717, 1.165) is 30.3 Å². The smallest absolute Gasteiger partial charge is 0.355 e. The molecule has 0 aliphatic carbocycles. The fraction of sp³-hybridized carbons (Fsp3) is 0.300. The monoisotopic (exact) mass is 430 g/mol. The van der Waals surface area contributed by atoms with Gasteiger partial charge in [0.05, 0.1) is 16.8 Å². The molecular weight excluding hydrogens is 414 g/mol. The van der Waals surface area contributed by atoms with Gasteiger partial charge in [0.1, 0.15) is 5.92 Å². The Morgan fingerprint density at radius 1 is 0.967 bits per heavy atom. The summed E-state index contributed by atoms with van der Waals surface area (Å²) >= 11 is 0. The molecule has 1 saturated heterocycles. The Bertz CT molecular complexity index is 955. The van der Waals surface area contributed by atoms with Gasteiger partial charge in [0.15, 0.2) is 0 Å². The third-order valence-electron chi connectivity index (χ3n) is 4.85. The summed E-state index contributed by atoms with van der Waals surface area (Å²) in [5, 5.41) is 4.56. The second-order valence-corrected chi connectivity index (χ2v) is 6.82. The zero-order chi connectivity index (χ0) is 22.1. The van der Waals surface area contributed by atoms with Crippen LogP contribution >= 0.6 is 0 Å². The Kier molecular flexibility index (Phi) is 5.78. The van der Waals surface area contributed by atoms with E-state index < -0.39 is 52.8 Å². The van der Waals surface area contributed by atoms with Crippen molar-refractivity contribution >= 4 is 17.5 Å². The fourth-order valence-corrected chi connectivity index (χ4v) is 3.47. The van der Waals surface area contributed by atoms with Crippen LogP contribution in [0.4, 0.5) is 32.0 Å². The molecule has 2 aromatic carbocycles. The zero-order valence-corrected chi connectivity index (χ0v) is 15.3. The molecule has 10 heteroatoms. The number of nitrogens with one attached hydrogen (secondary N) is 2. The minimum Gasteiger partial charge on any atom is -0.355 e. The average Bonchev–Trinajstić information content (AvgIpc) is 2.66. The molecule has 30 heavy (non-hydrogen) atoms. The van der Waals surface area contributed by atoms with Gasteiger partial charge in [-0.05, 0) is 30.2 Å². The molecule has 1 aliphatic heterocycles. The van der Waals surface area contributed by atoms with Crippen molar-refractivity contribution in [2.75, 3.05) is 11.9 Å². The van der Waals surface area contributed by atoms with Crippen molar-refractivity contribution in [3.05, 3.63) is 65.2 Å². The van der Waals surface area contributed by atoms with Crippen molar-refractivity contribution in [3.8, 4) is 0 Å². The summed E-state index contributed by atoms with van der Waals surface area (Å²) in [6.45, 7) is 0.128. The topological polar surface area (TPSA) is 58.2 Å². The van der Waals surface area contributed by atoms with Crippen molar-refractivity contribution in [1.29, 1.82) is 0 Å². The first kappa shape index (κ1) is 21.7. The van der Waals surface area contributed by atoms with Gasteiger partial charge in [0, 0.05) is 12.5 Å². The average molecular weight is 430 g/mol. The van der Waals surface area contributed by atoms with Gasteiger partial charge in [-0.3, -0.25) is 9.59 Å². The van der Waals surface area contributed by atoms with Crippen molar-refractivity contribution in [2.24, 2.45) is 5.92 Å². The second kappa shape index (κ2) is 8.00. The molecule has 4 nitrogen and oxygen atoms in total. The predicted octanol–water partition coefficient (Wildman–Crippen LogP) is 4.58. The Balaban J connectivity index is 1.93. The van der Waals surface area contributed by atoms with E-state index in [1.54, 1.807) is 0 Å². The molecule has 0 saturated carbocycles. The summed E-state index contributed by atoms with van der Waals surface area (Å²) in [6, 6.07) is 8.50. The van der Waals surface area contributed by atoms with Crippen LogP contribution in [0.3, 0.4) is 0 Å². The maximum Gasteiger partial charge on any atom is 0.418 e. The molecule has 1 aliphatic rings. The normalized spacial score (nSPS) is 19.9. The van der Waals surface area contributed by atoms with Crippen LogP contribution in [-0.2, 0) is 21.9 Å². The Morgan fingerprint density at radius 2 is 1.67 bits per heavy atom. The number of para-hydroxylation sites is 1. The lowest BCUT2D eigenvalue weighted by Gasteiger charge is -2.31. The summed E-state index contributed by atoms with van der Waals surface area (Å²) in [5.41, 5.74) is -2.45. The number of carbonyl (C=O) groups excluding carboxylic acids is 2. The Morgan fingerprint density at radius 3 is 2.33 bits per heavy atom. The summed E-state index contributed by atoms with van der Waals surface area (Å²) in [6.07, 6.45) is -9.19. The third-order valence-corrected chi connectivity index (χ3v) is 4.85. The van der Waals surface area contributed by atoms with E-state index in [9.17, 15) is 35.9 Å². The first-order valence-electron chi connectivity index (χ1n) is 8.90. The minimum absolute atomic E-state index is 0.115. The number of anilines is 1. The van der Waals surface area contributed by atoms with Crippen LogP contribution in [0.1, 0.15) is 29.0 Å². The predicted molar refractivity (Wildman–Crippen MR) is 95.4 cm³/mol. The number of hydrogen-bond acceptors (Lipinski definition) is 2. The highest BCUT2D eigenvalue weighted by molar-refractivity contribution is 6.08. The highest BCUT2D eigenvalue weighted by atomic mass is 19.4. The summed E-state index contributed by atoms with van der Waals surface area (Å²) in [5.74, 6) is -4.18. The molecule has 0 spiro atoms. The van der Waals surface area contributed by atoms with Gasteiger partial charge in [0.2, 0.25) is 11.8 Å². The molecule has 1 fully saturated rings. The van der Waals surface area contributed by atoms with Gasteiger partial charge in [-0.2, -0.15) is 26.3 Å².